The molecule has 30 heavy (non-hydrogen) atoms. The minimum atomic E-state index is -0.445. The van der Waals surface area contributed by atoms with Gasteiger partial charge in [-0.3, -0.25) is 4.68 Å². The van der Waals surface area contributed by atoms with Crippen LogP contribution in [0.1, 0.15) is 17.2 Å². The SMILES string of the molecule is Cn1nccc1C1C(C#N)=C(N)Oc2c1c(-c1ccccc1)nn2-c1ccccc1. The first-order chi connectivity index (χ1) is 14.7. The van der Waals surface area contributed by atoms with Gasteiger partial charge in [0.2, 0.25) is 11.8 Å². The lowest BCUT2D eigenvalue weighted by atomic mass is 9.86. The first-order valence-electron chi connectivity index (χ1n) is 9.48. The summed E-state index contributed by atoms with van der Waals surface area (Å²) in [5.41, 5.74) is 10.7. The van der Waals surface area contributed by atoms with E-state index in [-0.39, 0.29) is 5.88 Å². The maximum absolute atomic E-state index is 9.91. The number of hydrogen-bond acceptors (Lipinski definition) is 5. The van der Waals surface area contributed by atoms with Gasteiger partial charge >= 0.3 is 0 Å². The first kappa shape index (κ1) is 17.8. The second-order valence-electron chi connectivity index (χ2n) is 6.99. The zero-order valence-electron chi connectivity index (χ0n) is 16.2. The Morgan fingerprint density at radius 2 is 1.73 bits per heavy atom. The molecule has 1 unspecified atom stereocenters. The molecule has 0 spiro atoms. The molecule has 146 valence electrons. The lowest BCUT2D eigenvalue weighted by molar-refractivity contribution is 0.365. The second-order valence-corrected chi connectivity index (χ2v) is 6.99. The van der Waals surface area contributed by atoms with Crippen LogP contribution < -0.4 is 10.5 Å². The van der Waals surface area contributed by atoms with Gasteiger partial charge in [0.1, 0.15) is 17.3 Å². The van der Waals surface area contributed by atoms with E-state index in [0.29, 0.717) is 11.5 Å². The van der Waals surface area contributed by atoms with E-state index in [1.165, 1.54) is 0 Å². The highest BCUT2D eigenvalue weighted by Gasteiger charge is 2.38. The summed E-state index contributed by atoms with van der Waals surface area (Å²) in [6.45, 7) is 0. The number of benzene rings is 2. The molecular formula is C23H18N6O. The van der Waals surface area contributed by atoms with E-state index < -0.39 is 5.92 Å². The number of para-hydroxylation sites is 1. The molecule has 1 atom stereocenters. The molecule has 7 heteroatoms. The average Bonchev–Trinajstić information content (AvgIpc) is 3.37. The van der Waals surface area contributed by atoms with Gasteiger partial charge in [0.05, 0.1) is 22.9 Å². The van der Waals surface area contributed by atoms with Crippen LogP contribution in [0.5, 0.6) is 5.88 Å². The number of hydrogen-bond donors (Lipinski definition) is 1. The molecule has 0 fully saturated rings. The molecule has 0 saturated heterocycles. The van der Waals surface area contributed by atoms with Gasteiger partial charge in [-0.15, -0.1) is 0 Å². The van der Waals surface area contributed by atoms with Crippen LogP contribution in [0, 0.1) is 11.3 Å². The van der Waals surface area contributed by atoms with Crippen LogP contribution in [0.15, 0.2) is 84.4 Å². The van der Waals surface area contributed by atoms with Crippen molar-refractivity contribution in [3.63, 3.8) is 0 Å². The predicted molar refractivity (Wildman–Crippen MR) is 112 cm³/mol. The van der Waals surface area contributed by atoms with Gasteiger partial charge in [-0.1, -0.05) is 48.5 Å². The largest absolute Gasteiger partial charge is 0.422 e. The molecule has 2 aromatic carbocycles. The van der Waals surface area contributed by atoms with E-state index in [1.807, 2.05) is 73.8 Å². The molecule has 2 aromatic heterocycles. The van der Waals surface area contributed by atoms with Crippen molar-refractivity contribution in [2.45, 2.75) is 5.92 Å². The van der Waals surface area contributed by atoms with E-state index in [1.54, 1.807) is 15.6 Å². The highest BCUT2D eigenvalue weighted by Crippen LogP contribution is 2.47. The Hall–Kier alpha value is -4.31. The van der Waals surface area contributed by atoms with Gasteiger partial charge in [-0.2, -0.15) is 20.1 Å². The molecule has 4 aromatic rings. The molecule has 7 nitrogen and oxygen atoms in total. The van der Waals surface area contributed by atoms with Crippen molar-refractivity contribution in [3.05, 3.63) is 95.6 Å². The molecule has 0 aliphatic carbocycles. The fourth-order valence-corrected chi connectivity index (χ4v) is 3.85. The molecule has 1 aliphatic rings. The van der Waals surface area contributed by atoms with Crippen LogP contribution in [0.4, 0.5) is 0 Å². The van der Waals surface area contributed by atoms with Gasteiger partial charge in [0, 0.05) is 18.8 Å². The number of ether oxygens (including phenoxy) is 1. The summed E-state index contributed by atoms with van der Waals surface area (Å²) in [7, 11) is 1.85. The summed E-state index contributed by atoms with van der Waals surface area (Å²) in [5.74, 6) is 0.134. The van der Waals surface area contributed by atoms with E-state index in [9.17, 15) is 5.26 Å². The fraction of sp³-hybridized carbons (Fsp3) is 0.0870. The minimum absolute atomic E-state index is 0.0768. The van der Waals surface area contributed by atoms with Crippen molar-refractivity contribution in [1.29, 1.82) is 5.26 Å². The minimum Gasteiger partial charge on any atom is -0.422 e. The molecule has 3 heterocycles. The summed E-state index contributed by atoms with van der Waals surface area (Å²) in [6, 6.07) is 23.7. The lowest BCUT2D eigenvalue weighted by Gasteiger charge is -2.25. The van der Waals surface area contributed by atoms with Crippen LogP contribution in [0.2, 0.25) is 0 Å². The number of fused-ring (bicyclic) bond motifs is 1. The first-order valence-corrected chi connectivity index (χ1v) is 9.48. The lowest BCUT2D eigenvalue weighted by Crippen LogP contribution is -2.23. The zero-order chi connectivity index (χ0) is 20.7. The maximum Gasteiger partial charge on any atom is 0.229 e. The van der Waals surface area contributed by atoms with Gasteiger partial charge < -0.3 is 10.5 Å². The maximum atomic E-state index is 9.91. The standard InChI is InChI=1S/C23H18N6O/c1-28-18(12-13-26-28)19-17(14-24)22(25)30-23-20(19)21(15-8-4-2-5-9-15)27-29(23)16-10-6-3-7-11-16/h2-13,19H,25H2,1H3. The van der Waals surface area contributed by atoms with Gasteiger partial charge in [0.15, 0.2) is 0 Å². The molecule has 2 N–H and O–H groups in total. The van der Waals surface area contributed by atoms with Gasteiger partial charge in [-0.05, 0) is 18.2 Å². The van der Waals surface area contributed by atoms with Crippen LogP contribution in [-0.4, -0.2) is 19.6 Å². The van der Waals surface area contributed by atoms with E-state index in [2.05, 4.69) is 11.2 Å². The number of nitrogens with zero attached hydrogens (tertiary/aromatic N) is 5. The Morgan fingerprint density at radius 1 is 1.03 bits per heavy atom. The van der Waals surface area contributed by atoms with Crippen molar-refractivity contribution in [3.8, 4) is 28.9 Å². The van der Waals surface area contributed by atoms with Gasteiger partial charge in [-0.25, -0.2) is 0 Å². The third-order valence-electron chi connectivity index (χ3n) is 5.25. The Balaban J connectivity index is 1.85. The van der Waals surface area contributed by atoms with E-state index in [4.69, 9.17) is 15.6 Å². The normalized spacial score (nSPS) is 15.4. The Labute approximate surface area is 173 Å². The summed E-state index contributed by atoms with van der Waals surface area (Å²) < 4.78 is 9.48. The molecule has 5 rings (SSSR count). The van der Waals surface area contributed by atoms with Crippen LogP contribution in [0.3, 0.4) is 0 Å². The molecule has 0 saturated carbocycles. The van der Waals surface area contributed by atoms with Crippen molar-refractivity contribution in [2.24, 2.45) is 12.8 Å². The third kappa shape index (κ3) is 2.66. The predicted octanol–water partition coefficient (Wildman–Crippen LogP) is 3.49. The highest BCUT2D eigenvalue weighted by molar-refractivity contribution is 5.71. The van der Waals surface area contributed by atoms with E-state index >= 15 is 0 Å². The van der Waals surface area contributed by atoms with E-state index in [0.717, 1.165) is 28.2 Å². The number of allylic oxidation sites excluding steroid dienone is 1. The molecule has 0 radical (unpaired) electrons. The monoisotopic (exact) mass is 394 g/mol. The summed E-state index contributed by atoms with van der Waals surface area (Å²) in [5, 5.41) is 19.1. The average molecular weight is 394 g/mol. The molecule has 0 amide bonds. The third-order valence-corrected chi connectivity index (χ3v) is 5.25. The summed E-state index contributed by atoms with van der Waals surface area (Å²) >= 11 is 0. The Morgan fingerprint density at radius 3 is 2.37 bits per heavy atom. The smallest absolute Gasteiger partial charge is 0.229 e. The number of nitriles is 1. The van der Waals surface area contributed by atoms with Crippen molar-refractivity contribution in [2.75, 3.05) is 0 Å². The fourth-order valence-electron chi connectivity index (χ4n) is 3.85. The van der Waals surface area contributed by atoms with Crippen LogP contribution >= 0.6 is 0 Å². The zero-order valence-corrected chi connectivity index (χ0v) is 16.2. The highest BCUT2D eigenvalue weighted by atomic mass is 16.5. The van der Waals surface area contributed by atoms with Crippen LogP contribution in [0.25, 0.3) is 16.9 Å². The molecule has 1 aliphatic heterocycles. The quantitative estimate of drug-likeness (QED) is 0.574. The van der Waals surface area contributed by atoms with Crippen molar-refractivity contribution >= 4 is 0 Å². The molecular weight excluding hydrogens is 376 g/mol. The molecule has 0 bridgehead atoms. The number of rotatable bonds is 3. The number of nitrogens with two attached hydrogens (primary N) is 1. The number of aromatic nitrogens is 4. The topological polar surface area (TPSA) is 94.7 Å². The Bertz CT molecular complexity index is 1290. The second kappa shape index (κ2) is 6.94. The number of aryl methyl sites for hydroxylation is 1. The Kier molecular flexibility index (Phi) is 4.11. The van der Waals surface area contributed by atoms with Crippen molar-refractivity contribution < 1.29 is 4.74 Å². The summed E-state index contributed by atoms with van der Waals surface area (Å²) in [6.07, 6.45) is 1.71. The van der Waals surface area contributed by atoms with Crippen LogP contribution in [-0.2, 0) is 7.05 Å². The summed E-state index contributed by atoms with van der Waals surface area (Å²) in [4.78, 5) is 0. The van der Waals surface area contributed by atoms with Crippen molar-refractivity contribution in [1.82, 2.24) is 19.6 Å². The van der Waals surface area contributed by atoms with Gasteiger partial charge in [0.25, 0.3) is 0 Å².